The molecule has 0 fully saturated rings. The van der Waals surface area contributed by atoms with Gasteiger partial charge in [-0.3, -0.25) is 5.32 Å². The Morgan fingerprint density at radius 1 is 1.60 bits per heavy atom. The Morgan fingerprint density at radius 2 is 2.33 bits per heavy atom. The minimum Gasteiger partial charge on any atom is -0.496 e. The standard InChI is InChI=1S/C11H13FN2O/c1-8(14-7-6-13)11-9(12)4-3-5-10(11)15-2/h3-5,8,14H,7H2,1-2H3/t8-/m0/s1. The van der Waals surface area contributed by atoms with Gasteiger partial charge >= 0.3 is 0 Å². The van der Waals surface area contributed by atoms with E-state index in [-0.39, 0.29) is 18.4 Å². The van der Waals surface area contributed by atoms with E-state index in [2.05, 4.69) is 5.32 Å². The summed E-state index contributed by atoms with van der Waals surface area (Å²) in [5.41, 5.74) is 0.454. The summed E-state index contributed by atoms with van der Waals surface area (Å²) in [7, 11) is 1.50. The number of ether oxygens (including phenoxy) is 1. The quantitative estimate of drug-likeness (QED) is 0.770. The van der Waals surface area contributed by atoms with Gasteiger partial charge in [0.05, 0.1) is 19.7 Å². The van der Waals surface area contributed by atoms with Crippen LogP contribution in [0.3, 0.4) is 0 Å². The van der Waals surface area contributed by atoms with Gasteiger partial charge in [-0.15, -0.1) is 0 Å². The van der Waals surface area contributed by atoms with Crippen LogP contribution in [-0.4, -0.2) is 13.7 Å². The second-order valence-electron chi connectivity index (χ2n) is 3.12. The van der Waals surface area contributed by atoms with Crippen LogP contribution < -0.4 is 10.1 Å². The summed E-state index contributed by atoms with van der Waals surface area (Å²) in [6.45, 7) is 1.97. The molecule has 1 aromatic rings. The SMILES string of the molecule is COc1cccc(F)c1[C@H](C)NCC#N. The molecule has 0 aliphatic rings. The van der Waals surface area contributed by atoms with Gasteiger partial charge in [0.1, 0.15) is 11.6 Å². The van der Waals surface area contributed by atoms with Crippen molar-refractivity contribution >= 4 is 0 Å². The van der Waals surface area contributed by atoms with Crippen molar-refractivity contribution in [1.82, 2.24) is 5.32 Å². The van der Waals surface area contributed by atoms with Crippen molar-refractivity contribution in [2.45, 2.75) is 13.0 Å². The number of nitriles is 1. The first-order valence-electron chi connectivity index (χ1n) is 4.63. The molecule has 0 aliphatic carbocycles. The largest absolute Gasteiger partial charge is 0.496 e. The van der Waals surface area contributed by atoms with Crippen molar-refractivity contribution in [2.75, 3.05) is 13.7 Å². The maximum absolute atomic E-state index is 13.5. The summed E-state index contributed by atoms with van der Waals surface area (Å²) in [4.78, 5) is 0. The van der Waals surface area contributed by atoms with Crippen molar-refractivity contribution in [3.05, 3.63) is 29.6 Å². The lowest BCUT2D eigenvalue weighted by molar-refractivity contribution is 0.395. The van der Waals surface area contributed by atoms with Gasteiger partial charge in [0.25, 0.3) is 0 Å². The highest BCUT2D eigenvalue weighted by atomic mass is 19.1. The third-order valence-electron chi connectivity index (χ3n) is 2.15. The third kappa shape index (κ3) is 2.67. The molecule has 15 heavy (non-hydrogen) atoms. The molecule has 0 heterocycles. The zero-order chi connectivity index (χ0) is 11.3. The maximum Gasteiger partial charge on any atom is 0.131 e. The molecule has 0 bridgehead atoms. The first-order valence-corrected chi connectivity index (χ1v) is 4.63. The Bertz CT molecular complexity index is 373. The van der Waals surface area contributed by atoms with Crippen LogP contribution >= 0.6 is 0 Å². The van der Waals surface area contributed by atoms with Gasteiger partial charge in [-0.25, -0.2) is 4.39 Å². The molecule has 80 valence electrons. The summed E-state index contributed by atoms with van der Waals surface area (Å²) in [5, 5.41) is 11.3. The first kappa shape index (κ1) is 11.5. The number of hydrogen-bond acceptors (Lipinski definition) is 3. The second-order valence-corrected chi connectivity index (χ2v) is 3.12. The summed E-state index contributed by atoms with van der Waals surface area (Å²) >= 11 is 0. The van der Waals surface area contributed by atoms with Crippen LogP contribution in [0.1, 0.15) is 18.5 Å². The van der Waals surface area contributed by atoms with Crippen molar-refractivity contribution in [2.24, 2.45) is 0 Å². The van der Waals surface area contributed by atoms with Crippen molar-refractivity contribution in [3.63, 3.8) is 0 Å². The minimum atomic E-state index is -0.327. The van der Waals surface area contributed by atoms with E-state index in [1.807, 2.05) is 6.07 Å². The number of benzene rings is 1. The zero-order valence-corrected chi connectivity index (χ0v) is 8.75. The Morgan fingerprint density at radius 3 is 2.93 bits per heavy atom. The van der Waals surface area contributed by atoms with Crippen molar-refractivity contribution in [3.8, 4) is 11.8 Å². The molecular formula is C11H13FN2O. The monoisotopic (exact) mass is 208 g/mol. The molecule has 0 aliphatic heterocycles. The number of nitrogens with zero attached hydrogens (tertiary/aromatic N) is 1. The van der Waals surface area contributed by atoms with Crippen LogP contribution in [0.2, 0.25) is 0 Å². The van der Waals surface area contributed by atoms with Crippen LogP contribution in [0, 0.1) is 17.1 Å². The molecule has 0 radical (unpaired) electrons. The van der Waals surface area contributed by atoms with Gasteiger partial charge in [0.2, 0.25) is 0 Å². The van der Waals surface area contributed by atoms with Gasteiger partial charge < -0.3 is 4.74 Å². The molecule has 4 heteroatoms. The maximum atomic E-state index is 13.5. The molecular weight excluding hydrogens is 195 g/mol. The van der Waals surface area contributed by atoms with E-state index in [1.54, 1.807) is 19.1 Å². The van der Waals surface area contributed by atoms with Crippen LogP contribution in [-0.2, 0) is 0 Å². The highest BCUT2D eigenvalue weighted by Gasteiger charge is 2.15. The topological polar surface area (TPSA) is 45.0 Å². The molecule has 1 atom stereocenters. The number of rotatable bonds is 4. The molecule has 0 aromatic heterocycles. The molecule has 3 nitrogen and oxygen atoms in total. The highest BCUT2D eigenvalue weighted by molar-refractivity contribution is 5.36. The smallest absolute Gasteiger partial charge is 0.131 e. The lowest BCUT2D eigenvalue weighted by atomic mass is 10.1. The first-order chi connectivity index (χ1) is 7.20. The molecule has 0 spiro atoms. The van der Waals surface area contributed by atoms with Gasteiger partial charge in [-0.05, 0) is 19.1 Å². The fourth-order valence-electron chi connectivity index (χ4n) is 1.42. The molecule has 0 unspecified atom stereocenters. The van der Waals surface area contributed by atoms with Crippen LogP contribution in [0.4, 0.5) is 4.39 Å². The Hall–Kier alpha value is -1.60. The van der Waals surface area contributed by atoms with E-state index in [0.29, 0.717) is 11.3 Å². The van der Waals surface area contributed by atoms with Gasteiger partial charge in [-0.1, -0.05) is 6.07 Å². The molecule has 0 amide bonds. The van der Waals surface area contributed by atoms with E-state index in [4.69, 9.17) is 10.00 Å². The second kappa shape index (κ2) is 5.32. The van der Waals surface area contributed by atoms with Crippen LogP contribution in [0.25, 0.3) is 0 Å². The molecule has 0 saturated heterocycles. The lowest BCUT2D eigenvalue weighted by Gasteiger charge is -2.16. The lowest BCUT2D eigenvalue weighted by Crippen LogP contribution is -2.20. The molecule has 1 rings (SSSR count). The van der Waals surface area contributed by atoms with Gasteiger partial charge in [-0.2, -0.15) is 5.26 Å². The Labute approximate surface area is 88.5 Å². The number of hydrogen-bond donors (Lipinski definition) is 1. The van der Waals surface area contributed by atoms with Gasteiger partial charge in [0.15, 0.2) is 0 Å². The average Bonchev–Trinajstić information content (AvgIpc) is 2.25. The number of halogens is 1. The van der Waals surface area contributed by atoms with E-state index < -0.39 is 0 Å². The Kier molecular flexibility index (Phi) is 4.07. The van der Waals surface area contributed by atoms with Gasteiger partial charge in [0, 0.05) is 11.6 Å². The molecule has 0 saturated carbocycles. The summed E-state index contributed by atoms with van der Waals surface area (Å²) in [6, 6.07) is 6.37. The normalized spacial score (nSPS) is 11.9. The highest BCUT2D eigenvalue weighted by Crippen LogP contribution is 2.27. The number of nitrogens with one attached hydrogen (secondary N) is 1. The average molecular weight is 208 g/mol. The van der Waals surface area contributed by atoms with E-state index >= 15 is 0 Å². The van der Waals surface area contributed by atoms with E-state index in [0.717, 1.165) is 0 Å². The molecule has 1 aromatic carbocycles. The van der Waals surface area contributed by atoms with Crippen molar-refractivity contribution < 1.29 is 9.13 Å². The minimum absolute atomic E-state index is 0.179. The fraction of sp³-hybridized carbons (Fsp3) is 0.364. The predicted molar refractivity (Wildman–Crippen MR) is 55.0 cm³/mol. The fourth-order valence-corrected chi connectivity index (χ4v) is 1.42. The van der Waals surface area contributed by atoms with E-state index in [9.17, 15) is 4.39 Å². The van der Waals surface area contributed by atoms with E-state index in [1.165, 1.54) is 13.2 Å². The predicted octanol–water partition coefficient (Wildman–Crippen LogP) is 2.01. The molecule has 1 N–H and O–H groups in total. The van der Waals surface area contributed by atoms with Crippen LogP contribution in [0.5, 0.6) is 5.75 Å². The third-order valence-corrected chi connectivity index (χ3v) is 2.15. The summed E-state index contributed by atoms with van der Waals surface area (Å²) in [6.07, 6.45) is 0. The van der Waals surface area contributed by atoms with Crippen LogP contribution in [0.15, 0.2) is 18.2 Å². The summed E-state index contributed by atoms with van der Waals surface area (Å²) < 4.78 is 18.6. The number of methoxy groups -OCH3 is 1. The Balaban J connectivity index is 2.96. The van der Waals surface area contributed by atoms with Crippen molar-refractivity contribution in [1.29, 1.82) is 5.26 Å². The summed E-state index contributed by atoms with van der Waals surface area (Å²) in [5.74, 6) is 0.167. The zero-order valence-electron chi connectivity index (χ0n) is 8.75.